The van der Waals surface area contributed by atoms with Crippen molar-refractivity contribution in [3.8, 4) is 0 Å². The molecule has 3 aromatic rings. The highest BCUT2D eigenvalue weighted by Crippen LogP contribution is 2.38. The van der Waals surface area contributed by atoms with Crippen LogP contribution in [-0.2, 0) is 12.8 Å². The van der Waals surface area contributed by atoms with Gasteiger partial charge in [-0.3, -0.25) is 0 Å². The fourth-order valence-electron chi connectivity index (χ4n) is 2.89. The van der Waals surface area contributed by atoms with E-state index in [1.165, 1.54) is 16.9 Å². The summed E-state index contributed by atoms with van der Waals surface area (Å²) in [6.45, 7) is 0. The van der Waals surface area contributed by atoms with Crippen LogP contribution in [0.25, 0.3) is 21.1 Å². The largest absolute Gasteiger partial charge is 0.422 e. The van der Waals surface area contributed by atoms with E-state index in [-0.39, 0.29) is 5.63 Å². The molecule has 0 saturated carbocycles. The van der Waals surface area contributed by atoms with E-state index in [1.54, 1.807) is 23.5 Å². The zero-order valence-electron chi connectivity index (χ0n) is 10.2. The fourth-order valence-corrected chi connectivity index (χ4v) is 4.46. The maximum absolute atomic E-state index is 12.2. The van der Waals surface area contributed by atoms with Crippen molar-refractivity contribution < 1.29 is 4.42 Å². The molecule has 19 heavy (non-hydrogen) atoms. The summed E-state index contributed by atoms with van der Waals surface area (Å²) < 4.78 is 6.49. The van der Waals surface area contributed by atoms with E-state index >= 15 is 0 Å². The minimum Gasteiger partial charge on any atom is -0.422 e. The van der Waals surface area contributed by atoms with Crippen molar-refractivity contribution >= 4 is 44.0 Å². The third kappa shape index (κ3) is 1.65. The van der Waals surface area contributed by atoms with E-state index in [9.17, 15) is 4.79 Å². The molecule has 0 radical (unpaired) electrons. The third-order valence-electron chi connectivity index (χ3n) is 3.76. The van der Waals surface area contributed by atoms with Gasteiger partial charge in [0.15, 0.2) is 0 Å². The zero-order valence-corrected chi connectivity index (χ0v) is 11.7. The molecule has 1 aliphatic carbocycles. The van der Waals surface area contributed by atoms with E-state index in [4.69, 9.17) is 16.0 Å². The Hall–Kier alpha value is -1.32. The number of fused-ring (bicyclic) bond motifs is 5. The van der Waals surface area contributed by atoms with Crippen LogP contribution >= 0.6 is 22.9 Å². The van der Waals surface area contributed by atoms with Gasteiger partial charge in [0.25, 0.3) is 0 Å². The van der Waals surface area contributed by atoms with Crippen LogP contribution < -0.4 is 5.63 Å². The average Bonchev–Trinajstić information content (AvgIpc) is 2.80. The van der Waals surface area contributed by atoms with E-state index in [1.807, 2.05) is 6.07 Å². The summed E-state index contributed by atoms with van der Waals surface area (Å²) in [5.41, 5.74) is 1.63. The van der Waals surface area contributed by atoms with Gasteiger partial charge in [-0.05, 0) is 49.4 Å². The second-order valence-electron chi connectivity index (χ2n) is 4.95. The molecule has 0 bridgehead atoms. The number of thiophene rings is 1. The van der Waals surface area contributed by atoms with Crippen molar-refractivity contribution in [3.63, 3.8) is 0 Å². The lowest BCUT2D eigenvalue weighted by atomic mass is 9.96. The van der Waals surface area contributed by atoms with Gasteiger partial charge >= 0.3 is 5.63 Å². The van der Waals surface area contributed by atoms with Crippen LogP contribution in [0.1, 0.15) is 23.3 Å². The number of aryl methyl sites for hydroxylation is 2. The standard InChI is InChI=1S/C15H11ClO2S/c16-8-5-6-11-10(7-8)14-13(15(17)18-11)9-3-1-2-4-12(9)19-14/h5-7H,1-4H2. The molecular weight excluding hydrogens is 280 g/mol. The minimum atomic E-state index is -0.204. The third-order valence-corrected chi connectivity index (χ3v) is 5.32. The molecule has 0 unspecified atom stereocenters. The van der Waals surface area contributed by atoms with E-state index in [0.29, 0.717) is 10.6 Å². The first-order chi connectivity index (χ1) is 9.24. The van der Waals surface area contributed by atoms with Crippen molar-refractivity contribution in [3.05, 3.63) is 44.1 Å². The molecule has 0 atom stereocenters. The molecule has 1 aromatic carbocycles. The quantitative estimate of drug-likeness (QED) is 0.569. The first kappa shape index (κ1) is 11.5. The van der Waals surface area contributed by atoms with Gasteiger partial charge in [-0.2, -0.15) is 0 Å². The summed E-state index contributed by atoms with van der Waals surface area (Å²) in [6.07, 6.45) is 4.44. The molecule has 4 heteroatoms. The monoisotopic (exact) mass is 290 g/mol. The van der Waals surface area contributed by atoms with Gasteiger partial charge in [-0.15, -0.1) is 11.3 Å². The first-order valence-electron chi connectivity index (χ1n) is 6.40. The first-order valence-corrected chi connectivity index (χ1v) is 7.60. The lowest BCUT2D eigenvalue weighted by Gasteiger charge is -2.09. The number of benzene rings is 1. The predicted octanol–water partition coefficient (Wildman–Crippen LogP) is 4.54. The van der Waals surface area contributed by atoms with E-state index in [0.717, 1.165) is 34.7 Å². The Morgan fingerprint density at radius 2 is 2.05 bits per heavy atom. The Balaban J connectivity index is 2.23. The number of hydrogen-bond acceptors (Lipinski definition) is 3. The lowest BCUT2D eigenvalue weighted by Crippen LogP contribution is -2.04. The Morgan fingerprint density at radius 1 is 1.21 bits per heavy atom. The van der Waals surface area contributed by atoms with Gasteiger partial charge in [0.05, 0.1) is 10.1 Å². The zero-order chi connectivity index (χ0) is 13.0. The second-order valence-corrected chi connectivity index (χ2v) is 6.49. The van der Waals surface area contributed by atoms with Crippen LogP contribution in [0.2, 0.25) is 5.02 Å². The summed E-state index contributed by atoms with van der Waals surface area (Å²) in [5.74, 6) is 0. The Morgan fingerprint density at radius 3 is 2.95 bits per heavy atom. The lowest BCUT2D eigenvalue weighted by molar-refractivity contribution is 0.568. The highest BCUT2D eigenvalue weighted by molar-refractivity contribution is 7.20. The van der Waals surface area contributed by atoms with Crippen molar-refractivity contribution in [1.82, 2.24) is 0 Å². The summed E-state index contributed by atoms with van der Waals surface area (Å²) in [4.78, 5) is 13.6. The fraction of sp³-hybridized carbons (Fsp3) is 0.267. The highest BCUT2D eigenvalue weighted by Gasteiger charge is 2.21. The predicted molar refractivity (Wildman–Crippen MR) is 79.5 cm³/mol. The van der Waals surface area contributed by atoms with E-state index in [2.05, 4.69) is 0 Å². The molecule has 0 saturated heterocycles. The normalized spacial score (nSPS) is 15.0. The topological polar surface area (TPSA) is 30.2 Å². The Bertz CT molecular complexity index is 860. The summed E-state index contributed by atoms with van der Waals surface area (Å²) >= 11 is 7.80. The van der Waals surface area contributed by atoms with Gasteiger partial charge in [0.1, 0.15) is 5.58 Å². The molecular formula is C15H11ClO2S. The SMILES string of the molecule is O=c1oc2ccc(Cl)cc2c2sc3c(c12)CCCC3. The van der Waals surface area contributed by atoms with Crippen LogP contribution in [-0.4, -0.2) is 0 Å². The minimum absolute atomic E-state index is 0.204. The van der Waals surface area contributed by atoms with E-state index < -0.39 is 0 Å². The molecule has 1 aliphatic rings. The smallest absolute Gasteiger partial charge is 0.345 e. The van der Waals surface area contributed by atoms with Crippen LogP contribution in [0.5, 0.6) is 0 Å². The molecule has 0 aliphatic heterocycles. The van der Waals surface area contributed by atoms with Gasteiger partial charge in [0, 0.05) is 15.3 Å². The maximum Gasteiger partial charge on any atom is 0.345 e. The molecule has 0 amide bonds. The van der Waals surface area contributed by atoms with Gasteiger partial charge in [0.2, 0.25) is 0 Å². The van der Waals surface area contributed by atoms with Crippen molar-refractivity contribution in [2.45, 2.75) is 25.7 Å². The van der Waals surface area contributed by atoms with Crippen molar-refractivity contribution in [2.24, 2.45) is 0 Å². The maximum atomic E-state index is 12.2. The number of halogens is 1. The molecule has 0 fully saturated rings. The molecule has 2 heterocycles. The second kappa shape index (κ2) is 4.09. The summed E-state index contributed by atoms with van der Waals surface area (Å²) in [5, 5.41) is 2.42. The van der Waals surface area contributed by atoms with Gasteiger partial charge in [-0.25, -0.2) is 4.79 Å². The number of rotatable bonds is 0. The molecule has 2 aromatic heterocycles. The van der Waals surface area contributed by atoms with Crippen LogP contribution in [0.3, 0.4) is 0 Å². The van der Waals surface area contributed by atoms with Crippen molar-refractivity contribution in [2.75, 3.05) is 0 Å². The molecule has 2 nitrogen and oxygen atoms in total. The average molecular weight is 291 g/mol. The summed E-state index contributed by atoms with van der Waals surface area (Å²) in [6, 6.07) is 5.42. The molecule has 96 valence electrons. The van der Waals surface area contributed by atoms with Crippen LogP contribution in [0.4, 0.5) is 0 Å². The van der Waals surface area contributed by atoms with Crippen LogP contribution in [0, 0.1) is 0 Å². The Labute approximate surface area is 118 Å². The van der Waals surface area contributed by atoms with Crippen LogP contribution in [0.15, 0.2) is 27.4 Å². The summed E-state index contributed by atoms with van der Waals surface area (Å²) in [7, 11) is 0. The Kier molecular flexibility index (Phi) is 2.47. The van der Waals surface area contributed by atoms with Gasteiger partial charge < -0.3 is 4.42 Å². The molecule has 0 spiro atoms. The van der Waals surface area contributed by atoms with Gasteiger partial charge in [-0.1, -0.05) is 11.6 Å². The van der Waals surface area contributed by atoms with Crippen molar-refractivity contribution in [1.29, 1.82) is 0 Å². The molecule has 0 N–H and O–H groups in total. The molecule has 4 rings (SSSR count). The number of hydrogen-bond donors (Lipinski definition) is 0. The highest BCUT2D eigenvalue weighted by atomic mass is 35.5.